The molecule has 0 bridgehead atoms. The fraction of sp³-hybridized carbons (Fsp3) is 0.167. The summed E-state index contributed by atoms with van der Waals surface area (Å²) in [4.78, 5) is 25.0. The lowest BCUT2D eigenvalue weighted by Crippen LogP contribution is -2.38. The van der Waals surface area contributed by atoms with Gasteiger partial charge in [-0.25, -0.2) is 12.8 Å². The highest BCUT2D eigenvalue weighted by Gasteiger charge is 2.27. The Bertz CT molecular complexity index is 1500. The van der Waals surface area contributed by atoms with Gasteiger partial charge in [-0.15, -0.1) is 0 Å². The number of amides is 1. The largest absolute Gasteiger partial charge is 0.324 e. The molecule has 10 heteroatoms. The standard InChI is InChI=1S/C24H22FN3O4S2/c1-16(2)28-21-13-10-18(14-22(21)33-24(28)30)26-23(29)15-27(19-6-4-3-5-7-19)34(31,32)20-11-8-17(25)9-12-20/h3-14,16H,15H2,1-2H3,(H,26,29). The predicted octanol–water partition coefficient (Wildman–Crippen LogP) is 4.62. The Hall–Kier alpha value is -3.50. The van der Waals surface area contributed by atoms with Crippen molar-refractivity contribution in [3.8, 4) is 0 Å². The number of nitrogens with zero attached hydrogens (tertiary/aromatic N) is 2. The van der Waals surface area contributed by atoms with Crippen molar-refractivity contribution in [2.75, 3.05) is 16.2 Å². The van der Waals surface area contributed by atoms with E-state index in [1.165, 1.54) is 0 Å². The van der Waals surface area contributed by atoms with Crippen LogP contribution in [0.25, 0.3) is 10.2 Å². The minimum absolute atomic E-state index is 0.00205. The van der Waals surface area contributed by atoms with Crippen LogP contribution in [0.15, 0.2) is 82.5 Å². The number of halogens is 1. The first-order valence-electron chi connectivity index (χ1n) is 10.4. The molecular formula is C24H22FN3O4S2. The zero-order valence-corrected chi connectivity index (χ0v) is 20.1. The quantitative estimate of drug-likeness (QED) is 0.402. The summed E-state index contributed by atoms with van der Waals surface area (Å²) in [7, 11) is -4.14. The Balaban J connectivity index is 1.63. The van der Waals surface area contributed by atoms with Gasteiger partial charge in [0.1, 0.15) is 12.4 Å². The second-order valence-electron chi connectivity index (χ2n) is 7.86. The van der Waals surface area contributed by atoms with Crippen molar-refractivity contribution >= 4 is 48.9 Å². The molecule has 0 spiro atoms. The number of fused-ring (bicyclic) bond motifs is 1. The number of hydrogen-bond donors (Lipinski definition) is 1. The Kier molecular flexibility index (Phi) is 6.54. The smallest absolute Gasteiger partial charge is 0.308 e. The summed E-state index contributed by atoms with van der Waals surface area (Å²) in [6.45, 7) is 3.34. The van der Waals surface area contributed by atoms with E-state index in [0.717, 1.165) is 50.1 Å². The Morgan fingerprint density at radius 2 is 1.74 bits per heavy atom. The number of sulfonamides is 1. The summed E-state index contributed by atoms with van der Waals surface area (Å²) in [6.07, 6.45) is 0. The summed E-state index contributed by atoms with van der Waals surface area (Å²) in [6, 6.07) is 17.8. The van der Waals surface area contributed by atoms with E-state index in [1.807, 2.05) is 13.8 Å². The molecule has 0 aliphatic carbocycles. The maximum absolute atomic E-state index is 13.3. The summed E-state index contributed by atoms with van der Waals surface area (Å²) in [5.74, 6) is -1.13. The zero-order chi connectivity index (χ0) is 24.5. The van der Waals surface area contributed by atoms with Crippen molar-refractivity contribution in [3.63, 3.8) is 0 Å². The highest BCUT2D eigenvalue weighted by Crippen LogP contribution is 2.26. The van der Waals surface area contributed by atoms with Gasteiger partial charge in [-0.1, -0.05) is 29.5 Å². The fourth-order valence-electron chi connectivity index (χ4n) is 3.58. The van der Waals surface area contributed by atoms with Crippen LogP contribution < -0.4 is 14.5 Å². The van der Waals surface area contributed by atoms with Crippen LogP contribution in [0.3, 0.4) is 0 Å². The van der Waals surface area contributed by atoms with Crippen molar-refractivity contribution in [2.24, 2.45) is 0 Å². The first kappa shape index (κ1) is 23.7. The van der Waals surface area contributed by atoms with Gasteiger partial charge in [-0.05, 0) is 68.4 Å². The number of carbonyl (C=O) groups is 1. The van der Waals surface area contributed by atoms with Crippen LogP contribution in [0, 0.1) is 5.82 Å². The molecule has 176 valence electrons. The number of carbonyl (C=O) groups excluding carboxylic acids is 1. The normalized spacial score (nSPS) is 11.6. The summed E-state index contributed by atoms with van der Waals surface area (Å²) in [5, 5.41) is 2.72. The molecule has 4 rings (SSSR count). The summed E-state index contributed by atoms with van der Waals surface area (Å²) in [5.41, 5.74) is 1.51. The van der Waals surface area contributed by atoms with Crippen LogP contribution in [-0.4, -0.2) is 25.4 Å². The van der Waals surface area contributed by atoms with Gasteiger partial charge in [0.15, 0.2) is 0 Å². The van der Waals surface area contributed by atoms with Crippen LogP contribution in [0.4, 0.5) is 15.8 Å². The number of aromatic nitrogens is 1. The number of nitrogens with one attached hydrogen (secondary N) is 1. The molecule has 0 aliphatic heterocycles. The number of para-hydroxylation sites is 1. The minimum Gasteiger partial charge on any atom is -0.324 e. The molecule has 4 aromatic rings. The molecule has 0 unspecified atom stereocenters. The van der Waals surface area contributed by atoms with Gasteiger partial charge < -0.3 is 5.32 Å². The van der Waals surface area contributed by atoms with E-state index in [-0.39, 0.29) is 15.8 Å². The van der Waals surface area contributed by atoms with Crippen LogP contribution in [0.1, 0.15) is 19.9 Å². The van der Waals surface area contributed by atoms with Crippen molar-refractivity contribution in [1.29, 1.82) is 0 Å². The highest BCUT2D eigenvalue weighted by atomic mass is 32.2. The van der Waals surface area contributed by atoms with E-state index in [1.54, 1.807) is 53.1 Å². The molecule has 3 aromatic carbocycles. The maximum atomic E-state index is 13.3. The third-order valence-electron chi connectivity index (χ3n) is 5.15. The average molecular weight is 500 g/mol. The van der Waals surface area contributed by atoms with Gasteiger partial charge in [0.2, 0.25) is 5.91 Å². The Morgan fingerprint density at radius 3 is 2.38 bits per heavy atom. The molecule has 0 aliphatic rings. The first-order chi connectivity index (χ1) is 16.2. The molecule has 1 heterocycles. The van der Waals surface area contributed by atoms with Crippen molar-refractivity contribution in [2.45, 2.75) is 24.8 Å². The van der Waals surface area contributed by atoms with E-state index >= 15 is 0 Å². The van der Waals surface area contributed by atoms with Gasteiger partial charge >= 0.3 is 4.87 Å². The fourth-order valence-corrected chi connectivity index (χ4v) is 6.05. The second kappa shape index (κ2) is 9.40. The molecule has 1 N–H and O–H groups in total. The molecule has 0 saturated carbocycles. The van der Waals surface area contributed by atoms with Crippen LogP contribution in [-0.2, 0) is 14.8 Å². The number of hydrogen-bond acceptors (Lipinski definition) is 5. The van der Waals surface area contributed by atoms with Crippen molar-refractivity contribution < 1.29 is 17.6 Å². The SMILES string of the molecule is CC(C)n1c(=O)sc2cc(NC(=O)CN(c3ccccc3)S(=O)(=O)c3ccc(F)cc3)ccc21. The molecule has 7 nitrogen and oxygen atoms in total. The number of benzene rings is 3. The van der Waals surface area contributed by atoms with Gasteiger partial charge in [-0.2, -0.15) is 0 Å². The number of rotatable bonds is 7. The predicted molar refractivity (Wildman–Crippen MR) is 132 cm³/mol. The minimum atomic E-state index is -4.14. The van der Waals surface area contributed by atoms with E-state index < -0.39 is 28.3 Å². The monoisotopic (exact) mass is 499 g/mol. The Morgan fingerprint density at radius 1 is 1.06 bits per heavy atom. The van der Waals surface area contributed by atoms with Gasteiger partial charge in [0, 0.05) is 11.7 Å². The van der Waals surface area contributed by atoms with E-state index in [4.69, 9.17) is 0 Å². The average Bonchev–Trinajstić information content (AvgIpc) is 3.13. The molecule has 34 heavy (non-hydrogen) atoms. The highest BCUT2D eigenvalue weighted by molar-refractivity contribution is 7.92. The first-order valence-corrected chi connectivity index (χ1v) is 12.7. The van der Waals surface area contributed by atoms with Gasteiger partial charge in [-0.3, -0.25) is 18.5 Å². The van der Waals surface area contributed by atoms with E-state index in [2.05, 4.69) is 5.32 Å². The van der Waals surface area contributed by atoms with Crippen molar-refractivity contribution in [3.05, 3.63) is 88.3 Å². The van der Waals surface area contributed by atoms with Gasteiger partial charge in [0.05, 0.1) is 20.8 Å². The number of thiazole rings is 1. The molecule has 0 atom stereocenters. The molecular weight excluding hydrogens is 477 g/mol. The molecule has 0 fully saturated rings. The zero-order valence-electron chi connectivity index (χ0n) is 18.4. The molecule has 1 amide bonds. The molecule has 0 radical (unpaired) electrons. The lowest BCUT2D eigenvalue weighted by atomic mass is 10.2. The third-order valence-corrected chi connectivity index (χ3v) is 7.85. The Labute approximate surface area is 200 Å². The summed E-state index contributed by atoms with van der Waals surface area (Å²) >= 11 is 1.08. The topological polar surface area (TPSA) is 88.5 Å². The van der Waals surface area contributed by atoms with E-state index in [9.17, 15) is 22.4 Å². The van der Waals surface area contributed by atoms with Gasteiger partial charge in [0.25, 0.3) is 10.0 Å². The van der Waals surface area contributed by atoms with Crippen LogP contribution in [0.5, 0.6) is 0 Å². The maximum Gasteiger partial charge on any atom is 0.308 e. The van der Waals surface area contributed by atoms with E-state index in [0.29, 0.717) is 11.4 Å². The number of anilines is 2. The lowest BCUT2D eigenvalue weighted by molar-refractivity contribution is -0.114. The summed E-state index contributed by atoms with van der Waals surface area (Å²) < 4.78 is 43.3. The lowest BCUT2D eigenvalue weighted by Gasteiger charge is -2.24. The van der Waals surface area contributed by atoms with Crippen LogP contribution >= 0.6 is 11.3 Å². The molecule has 1 aromatic heterocycles. The second-order valence-corrected chi connectivity index (χ2v) is 10.7. The van der Waals surface area contributed by atoms with Crippen molar-refractivity contribution in [1.82, 2.24) is 4.57 Å². The third kappa shape index (κ3) is 4.73. The van der Waals surface area contributed by atoms with Crippen LogP contribution in [0.2, 0.25) is 0 Å². The molecule has 0 saturated heterocycles.